The molecule has 0 aliphatic carbocycles. The summed E-state index contributed by atoms with van der Waals surface area (Å²) in [5.74, 6) is 0.131. The van der Waals surface area contributed by atoms with Crippen LogP contribution < -0.4 is 0 Å². The Morgan fingerprint density at radius 1 is 1.47 bits per heavy atom. The van der Waals surface area contributed by atoms with Crippen molar-refractivity contribution in [3.8, 4) is 0 Å². The van der Waals surface area contributed by atoms with E-state index in [2.05, 4.69) is 22.0 Å². The Hall–Kier alpha value is -0.340. The van der Waals surface area contributed by atoms with Crippen LogP contribution in [0.3, 0.4) is 0 Å². The van der Waals surface area contributed by atoms with Gasteiger partial charge in [0.15, 0.2) is 0 Å². The van der Waals surface area contributed by atoms with Crippen LogP contribution in [0, 0.1) is 13.8 Å². The van der Waals surface area contributed by atoms with E-state index in [0.717, 1.165) is 21.7 Å². The maximum atomic E-state index is 11.1. The molecule has 3 heteroatoms. The number of carbonyl (C=O) groups excluding carboxylic acids is 1. The minimum atomic E-state index is -0.142. The van der Waals surface area contributed by atoms with Crippen LogP contribution in [-0.2, 0) is 11.2 Å². The third-order valence-corrected chi connectivity index (χ3v) is 3.69. The van der Waals surface area contributed by atoms with Crippen LogP contribution in [-0.4, -0.2) is 10.6 Å². The van der Waals surface area contributed by atoms with E-state index in [-0.39, 0.29) is 10.6 Å². The van der Waals surface area contributed by atoms with E-state index in [9.17, 15) is 4.79 Å². The van der Waals surface area contributed by atoms with Crippen molar-refractivity contribution in [1.82, 2.24) is 0 Å². The van der Waals surface area contributed by atoms with Crippen LogP contribution >= 0.6 is 27.5 Å². The Bertz CT molecular complexity index is 364. The van der Waals surface area contributed by atoms with Gasteiger partial charge in [0, 0.05) is 5.02 Å². The number of Topliss-reactive ketones (excluding diaryl/α,β-unsaturated/α-hetero) is 1. The molecule has 82 valence electrons. The average Bonchev–Trinajstić information content (AvgIpc) is 2.10. The fourth-order valence-electron chi connectivity index (χ4n) is 1.53. The fraction of sp³-hybridized carbons (Fsp3) is 0.417. The number of carbonyl (C=O) groups is 1. The van der Waals surface area contributed by atoms with Gasteiger partial charge >= 0.3 is 0 Å². The number of hydrogen-bond donors (Lipinski definition) is 0. The number of ketones is 1. The number of alkyl halides is 1. The van der Waals surface area contributed by atoms with Crippen molar-refractivity contribution in [2.45, 2.75) is 32.0 Å². The lowest BCUT2D eigenvalue weighted by Gasteiger charge is -2.12. The summed E-state index contributed by atoms with van der Waals surface area (Å²) in [5, 5.41) is 0.748. The molecule has 0 bridgehead atoms. The molecule has 1 rings (SSSR count). The van der Waals surface area contributed by atoms with Gasteiger partial charge in [0.1, 0.15) is 5.78 Å². The van der Waals surface area contributed by atoms with Gasteiger partial charge in [-0.25, -0.2) is 0 Å². The molecule has 0 amide bonds. The number of rotatable bonds is 3. The van der Waals surface area contributed by atoms with Crippen molar-refractivity contribution in [2.24, 2.45) is 0 Å². The fourth-order valence-corrected chi connectivity index (χ4v) is 2.25. The molecule has 0 heterocycles. The van der Waals surface area contributed by atoms with Crippen LogP contribution in [0.25, 0.3) is 0 Å². The summed E-state index contributed by atoms with van der Waals surface area (Å²) in [5.41, 5.74) is 3.35. The highest BCUT2D eigenvalue weighted by molar-refractivity contribution is 9.10. The number of hydrogen-bond acceptors (Lipinski definition) is 1. The number of aryl methyl sites for hydroxylation is 2. The van der Waals surface area contributed by atoms with Crippen molar-refractivity contribution >= 4 is 33.3 Å². The predicted octanol–water partition coefficient (Wildman–Crippen LogP) is 3.85. The molecule has 1 nitrogen and oxygen atoms in total. The number of benzene rings is 1. The van der Waals surface area contributed by atoms with E-state index in [1.165, 1.54) is 0 Å². The van der Waals surface area contributed by atoms with E-state index in [1.54, 1.807) is 6.92 Å². The molecule has 0 radical (unpaired) electrons. The van der Waals surface area contributed by atoms with E-state index < -0.39 is 0 Å². The van der Waals surface area contributed by atoms with Gasteiger partial charge < -0.3 is 0 Å². The molecule has 1 aromatic rings. The SMILES string of the molecule is CC(=O)C(Br)Cc1c(C)cc(C)cc1Cl. The quantitative estimate of drug-likeness (QED) is 0.773. The normalized spacial score (nSPS) is 12.6. The smallest absolute Gasteiger partial charge is 0.143 e. The summed E-state index contributed by atoms with van der Waals surface area (Å²) in [6, 6.07) is 4.02. The van der Waals surface area contributed by atoms with Gasteiger partial charge in [-0.1, -0.05) is 33.6 Å². The summed E-state index contributed by atoms with van der Waals surface area (Å²) in [6.07, 6.45) is 0.653. The minimum absolute atomic E-state index is 0.131. The lowest BCUT2D eigenvalue weighted by Crippen LogP contribution is -2.13. The second-order valence-corrected chi connectivity index (χ2v) is 5.34. The minimum Gasteiger partial charge on any atom is -0.299 e. The molecule has 0 saturated carbocycles. The zero-order chi connectivity index (χ0) is 11.6. The second kappa shape index (κ2) is 5.13. The second-order valence-electron chi connectivity index (χ2n) is 3.82. The summed E-state index contributed by atoms with van der Waals surface area (Å²) < 4.78 is 0. The van der Waals surface area contributed by atoms with Crippen molar-refractivity contribution in [3.63, 3.8) is 0 Å². The topological polar surface area (TPSA) is 17.1 Å². The van der Waals surface area contributed by atoms with Gasteiger partial charge in [-0.05, 0) is 49.9 Å². The van der Waals surface area contributed by atoms with E-state index in [4.69, 9.17) is 11.6 Å². The summed E-state index contributed by atoms with van der Waals surface area (Å²) >= 11 is 9.51. The van der Waals surface area contributed by atoms with Gasteiger partial charge in [0.25, 0.3) is 0 Å². The van der Waals surface area contributed by atoms with Crippen LogP contribution in [0.1, 0.15) is 23.6 Å². The molecule has 0 fully saturated rings. The Morgan fingerprint density at radius 3 is 2.53 bits per heavy atom. The molecule has 0 aliphatic rings. The van der Waals surface area contributed by atoms with Crippen molar-refractivity contribution in [2.75, 3.05) is 0 Å². The molecule has 0 aliphatic heterocycles. The Balaban J connectivity index is 3.00. The van der Waals surface area contributed by atoms with Gasteiger partial charge in [-0.15, -0.1) is 0 Å². The highest BCUT2D eigenvalue weighted by Crippen LogP contribution is 2.25. The Labute approximate surface area is 104 Å². The maximum Gasteiger partial charge on any atom is 0.143 e. The van der Waals surface area contributed by atoms with E-state index in [1.807, 2.05) is 19.9 Å². The molecule has 0 aromatic heterocycles. The lowest BCUT2D eigenvalue weighted by molar-refractivity contribution is -0.116. The molecule has 1 unspecified atom stereocenters. The van der Waals surface area contributed by atoms with Gasteiger partial charge in [0.05, 0.1) is 4.83 Å². The first-order valence-electron chi connectivity index (χ1n) is 4.82. The third kappa shape index (κ3) is 3.32. The van der Waals surface area contributed by atoms with E-state index in [0.29, 0.717) is 6.42 Å². The first kappa shape index (κ1) is 12.7. The van der Waals surface area contributed by atoms with Crippen molar-refractivity contribution < 1.29 is 4.79 Å². The first-order chi connectivity index (χ1) is 6.91. The molecule has 15 heavy (non-hydrogen) atoms. The summed E-state index contributed by atoms with van der Waals surface area (Å²) in [7, 11) is 0. The van der Waals surface area contributed by atoms with Crippen LogP contribution in [0.5, 0.6) is 0 Å². The Morgan fingerprint density at radius 2 is 2.07 bits per heavy atom. The average molecular weight is 290 g/mol. The standard InChI is InChI=1S/C12H14BrClO/c1-7-4-8(2)10(12(14)5-7)6-11(13)9(3)15/h4-5,11H,6H2,1-3H3. The molecule has 1 atom stereocenters. The van der Waals surface area contributed by atoms with Crippen LogP contribution in [0.2, 0.25) is 5.02 Å². The monoisotopic (exact) mass is 288 g/mol. The Kier molecular flexibility index (Phi) is 4.35. The van der Waals surface area contributed by atoms with E-state index >= 15 is 0 Å². The molecule has 0 N–H and O–H groups in total. The molecular formula is C12H14BrClO. The molecular weight excluding hydrogens is 275 g/mol. The van der Waals surface area contributed by atoms with Crippen molar-refractivity contribution in [1.29, 1.82) is 0 Å². The molecule has 0 saturated heterocycles. The maximum absolute atomic E-state index is 11.1. The zero-order valence-corrected chi connectivity index (χ0v) is 11.4. The van der Waals surface area contributed by atoms with Crippen LogP contribution in [0.15, 0.2) is 12.1 Å². The van der Waals surface area contributed by atoms with Gasteiger partial charge in [0.2, 0.25) is 0 Å². The molecule has 1 aromatic carbocycles. The summed E-state index contributed by atoms with van der Waals surface area (Å²) in [4.78, 5) is 11.0. The predicted molar refractivity (Wildman–Crippen MR) is 68.0 cm³/mol. The zero-order valence-electron chi connectivity index (χ0n) is 9.10. The largest absolute Gasteiger partial charge is 0.299 e. The highest BCUT2D eigenvalue weighted by Gasteiger charge is 2.14. The van der Waals surface area contributed by atoms with Crippen LogP contribution in [0.4, 0.5) is 0 Å². The molecule has 0 spiro atoms. The first-order valence-corrected chi connectivity index (χ1v) is 6.11. The highest BCUT2D eigenvalue weighted by atomic mass is 79.9. The summed E-state index contributed by atoms with van der Waals surface area (Å²) in [6.45, 7) is 5.62. The third-order valence-electron chi connectivity index (χ3n) is 2.39. The lowest BCUT2D eigenvalue weighted by atomic mass is 10.0. The van der Waals surface area contributed by atoms with Gasteiger partial charge in [-0.3, -0.25) is 4.79 Å². The number of halogens is 2. The van der Waals surface area contributed by atoms with Gasteiger partial charge in [-0.2, -0.15) is 0 Å². The van der Waals surface area contributed by atoms with Crippen molar-refractivity contribution in [3.05, 3.63) is 33.8 Å².